The van der Waals surface area contributed by atoms with Crippen molar-refractivity contribution in [2.45, 2.75) is 0 Å². The molecular weight excluding hydrogens is 1440 g/mol. The molecule has 3 unspecified atom stereocenters. The van der Waals surface area contributed by atoms with Gasteiger partial charge in [-0.1, -0.05) is 358 Å². The van der Waals surface area contributed by atoms with Crippen LogP contribution in [0.2, 0.25) is 15.1 Å². The van der Waals surface area contributed by atoms with Crippen molar-refractivity contribution in [3.63, 3.8) is 0 Å². The maximum atomic E-state index is 15.3. The van der Waals surface area contributed by atoms with Gasteiger partial charge in [-0.2, -0.15) is 0 Å². The van der Waals surface area contributed by atoms with Gasteiger partial charge < -0.3 is 5.99 Å². The maximum Gasteiger partial charge on any atom is 1.00 e. The van der Waals surface area contributed by atoms with Crippen LogP contribution < -0.4 is 141 Å². The summed E-state index contributed by atoms with van der Waals surface area (Å²) in [6.45, 7) is 0. The van der Waals surface area contributed by atoms with Gasteiger partial charge in [0.2, 0.25) is 0 Å². The molecule has 448 valence electrons. The first-order valence-corrected chi connectivity index (χ1v) is 40.5. The summed E-state index contributed by atoms with van der Waals surface area (Å²) in [5.74, 6) is 0. The number of hydrogen-bond acceptors (Lipinski definition) is 3. The summed E-state index contributed by atoms with van der Waals surface area (Å²) >= 11 is 26.9. The van der Waals surface area contributed by atoms with Gasteiger partial charge in [0.15, 0.2) is 23.3 Å². The third-order valence-electron chi connectivity index (χ3n) is 16.7. The summed E-state index contributed by atoms with van der Waals surface area (Å²) in [7, 11) is -9.77. The molecule has 13 aromatic carbocycles. The molecule has 0 spiro atoms. The number of benzene rings is 13. The van der Waals surface area contributed by atoms with Crippen molar-refractivity contribution in [2.24, 2.45) is 0 Å². The Morgan fingerprint density at radius 1 is 0.359 bits per heavy atom. The van der Waals surface area contributed by atoms with Crippen molar-refractivity contribution in [1.29, 1.82) is 0 Å². The summed E-state index contributed by atoms with van der Waals surface area (Å²) < 4.78 is 17.5. The second-order valence-electron chi connectivity index (χ2n) is 21.7. The minimum Gasteiger partial charge on any atom is -1.00 e. The van der Waals surface area contributed by atoms with E-state index in [-0.39, 0.29) is 52.8 Å². The van der Waals surface area contributed by atoms with Gasteiger partial charge in [-0.05, 0) is 138 Å². The summed E-state index contributed by atoms with van der Waals surface area (Å²) in [4.78, 5) is 0. The minimum absolute atomic E-state index is 0. The van der Waals surface area contributed by atoms with Crippen molar-refractivity contribution in [3.8, 4) is 0 Å². The first-order chi connectivity index (χ1) is 44.6. The van der Waals surface area contributed by atoms with E-state index in [1.54, 1.807) is 0 Å². The molecule has 0 amide bonds. The molecule has 2 aliphatic heterocycles. The summed E-state index contributed by atoms with van der Waals surface area (Å²) in [6.07, 6.45) is 0. The molecule has 3 nitrogen and oxygen atoms in total. The molecule has 0 radical (unpaired) electrons. The average Bonchev–Trinajstić information content (AvgIpc) is 0.694. The second-order valence-corrected chi connectivity index (χ2v) is 39.1. The topological polar surface area (TPSA) is 57.5 Å². The Balaban J connectivity index is 0.000000152. The van der Waals surface area contributed by atoms with Gasteiger partial charge in [0.05, 0.1) is 0 Å². The van der Waals surface area contributed by atoms with E-state index in [1.807, 2.05) is 72.8 Å². The van der Waals surface area contributed by atoms with Gasteiger partial charge in [-0.25, -0.2) is 0 Å². The van der Waals surface area contributed by atoms with E-state index < -0.39 is 39.1 Å². The van der Waals surface area contributed by atoms with Gasteiger partial charge in [0, 0.05) is 39.9 Å². The van der Waals surface area contributed by atoms with E-state index in [0.29, 0.717) is 5.02 Å². The molecular formula is C78H59Br2Cl3KO3P3Si2. The molecule has 3 atom stereocenters. The molecule has 0 aliphatic carbocycles. The predicted octanol–water partition coefficient (Wildman–Crippen LogP) is 10.2. The Hall–Kier alpha value is -5.23. The summed E-state index contributed by atoms with van der Waals surface area (Å²) in [6, 6.07) is 120. The Morgan fingerprint density at radius 3 is 1.28 bits per heavy atom. The Morgan fingerprint density at radius 2 is 0.739 bits per heavy atom. The van der Waals surface area contributed by atoms with Gasteiger partial charge in [0.1, 0.15) is 0 Å². The van der Waals surface area contributed by atoms with E-state index in [2.05, 4.69) is 299 Å². The number of rotatable bonds is 9. The normalized spacial score (nSPS) is 15.4. The van der Waals surface area contributed by atoms with E-state index in [0.717, 1.165) is 40.1 Å². The molecule has 14 heteroatoms. The molecule has 92 heavy (non-hydrogen) atoms. The molecule has 2 aliphatic rings. The Labute approximate surface area is 619 Å². The molecule has 15 rings (SSSR count). The van der Waals surface area contributed by atoms with Gasteiger partial charge in [-0.15, -0.1) is 0 Å². The van der Waals surface area contributed by atoms with Crippen LogP contribution in [0.25, 0.3) is 0 Å². The van der Waals surface area contributed by atoms with Crippen LogP contribution in [0.15, 0.2) is 349 Å². The molecule has 0 saturated heterocycles. The molecule has 0 aromatic heterocycles. The van der Waals surface area contributed by atoms with E-state index in [4.69, 9.17) is 45.3 Å². The quantitative estimate of drug-likeness (QED) is 0.0656. The van der Waals surface area contributed by atoms with Gasteiger partial charge >= 0.3 is 51.4 Å². The van der Waals surface area contributed by atoms with Gasteiger partial charge in [-0.3, -0.25) is 10.5 Å². The monoisotopic (exact) mass is 1490 g/mol. The maximum absolute atomic E-state index is 15.3. The summed E-state index contributed by atoms with van der Waals surface area (Å²) in [5.41, 5.74) is 0. The average molecular weight is 1500 g/mol. The fraction of sp³-hybridized carbons (Fsp3) is 0. The van der Waals surface area contributed by atoms with Crippen molar-refractivity contribution >= 4 is 195 Å². The molecule has 0 bridgehead atoms. The zero-order valence-corrected chi connectivity index (χ0v) is 63.1. The Bertz CT molecular complexity index is 4620. The van der Waals surface area contributed by atoms with Crippen LogP contribution in [0.4, 0.5) is 0 Å². The smallest absolute Gasteiger partial charge is 1.00 e. The zero-order chi connectivity index (χ0) is 63.0. The van der Waals surface area contributed by atoms with Crippen LogP contribution >= 0.6 is 89.6 Å². The Kier molecular flexibility index (Phi) is 23.0. The minimum atomic E-state index is -3.11. The van der Waals surface area contributed by atoms with Crippen molar-refractivity contribution in [3.05, 3.63) is 364 Å². The number of hydrogen-bond donors (Lipinski definition) is 2. The SMILES string of the molecule is Clc1ccc(P(c2ccccc2)c2ccccc2Br)c(Br)c1.Clc1ccc2c(c1)[Si](c1ccccc1)(c1ccccc1)c1ccccc1P2c1ccccc1.O=P1(c2ccccc2)c2ccccc2[Si](c2ccccc2)(c2ccccc2)c2cc(Cl)ccc21.OO.[H-].[K+]. The van der Waals surface area contributed by atoms with Crippen LogP contribution in [0, 0.1) is 0 Å². The number of halogens is 5. The molecule has 2 N–H and O–H groups in total. The van der Waals surface area contributed by atoms with Crippen molar-refractivity contribution in [1.82, 2.24) is 0 Å². The second kappa shape index (κ2) is 31.1. The van der Waals surface area contributed by atoms with E-state index in [9.17, 15) is 0 Å². The van der Waals surface area contributed by atoms with Crippen LogP contribution in [-0.4, -0.2) is 26.7 Å². The van der Waals surface area contributed by atoms with Crippen LogP contribution in [0.3, 0.4) is 0 Å². The van der Waals surface area contributed by atoms with Crippen molar-refractivity contribution in [2.75, 3.05) is 0 Å². The fourth-order valence-corrected chi connectivity index (χ4v) is 36.6. The third-order valence-corrected chi connectivity index (χ3v) is 38.2. The summed E-state index contributed by atoms with van der Waals surface area (Å²) in [5, 5.41) is 35.6. The largest absolute Gasteiger partial charge is 1.00 e. The fourth-order valence-electron chi connectivity index (χ4n) is 13.1. The van der Waals surface area contributed by atoms with Crippen LogP contribution in [0.1, 0.15) is 1.43 Å². The van der Waals surface area contributed by atoms with Crippen LogP contribution in [-0.2, 0) is 4.57 Å². The third kappa shape index (κ3) is 13.1. The first kappa shape index (κ1) is 68.2. The predicted molar refractivity (Wildman–Crippen MR) is 407 cm³/mol. The number of fused-ring (bicyclic) bond motifs is 4. The standard InChI is InChI=1S/C30H22ClOPSi.C30H22ClPSi.C18H12Br2ClP.K.H2O2.H/c31-23-20-21-28-30(22-23)34(25-14-6-2-7-15-25,26-16-8-3-9-17-26)29-19-11-10-18-27(29)33(28,32)24-12-4-1-5-13-24;31-23-20-21-28-30(22-23)33(25-14-6-2-7-15-25,26-16-8-3-9-17-26)29-19-11-10-18-27(29)32(28)24-12-4-1-5-13-24;19-15-8-4-5-9-17(15)22(14-6-2-1-3-7-14)18-11-10-13(21)12-16(18)20;;1-2;/h1-22H;1-22H;1-12H;;1-2H;/q;;;+1;;-1. The van der Waals surface area contributed by atoms with Crippen LogP contribution in [0.5, 0.6) is 0 Å². The van der Waals surface area contributed by atoms with Gasteiger partial charge in [0.25, 0.3) is 0 Å². The van der Waals surface area contributed by atoms with Crippen molar-refractivity contribution < 1.29 is 67.9 Å². The zero-order valence-electron chi connectivity index (χ0n) is 50.9. The first-order valence-electron chi connectivity index (χ1n) is 29.4. The molecule has 0 saturated carbocycles. The molecule has 13 aromatic rings. The van der Waals surface area contributed by atoms with E-state index in [1.165, 1.54) is 68.1 Å². The van der Waals surface area contributed by atoms with E-state index >= 15 is 4.57 Å². The molecule has 2 heterocycles. The molecule has 0 fully saturated rings.